The van der Waals surface area contributed by atoms with Crippen molar-refractivity contribution in [3.8, 4) is 11.3 Å². The molecule has 1 aliphatic rings. The smallest absolute Gasteiger partial charge is 0.265 e. The predicted molar refractivity (Wildman–Crippen MR) is 113 cm³/mol. The minimum Gasteiger partial charge on any atom is -0.366 e. The summed E-state index contributed by atoms with van der Waals surface area (Å²) in [6.07, 6.45) is 1.93. The Balaban J connectivity index is 1.56. The SMILES string of the molecule is Cc1ncsc1C(=O)N1CCC[C@@H](c2cccc(-c3cccc(C(N)=O)c3)n2)C1. The van der Waals surface area contributed by atoms with E-state index in [1.54, 1.807) is 17.6 Å². The lowest BCUT2D eigenvalue weighted by molar-refractivity contribution is 0.0709. The summed E-state index contributed by atoms with van der Waals surface area (Å²) < 4.78 is 0. The molecule has 148 valence electrons. The highest BCUT2D eigenvalue weighted by molar-refractivity contribution is 7.11. The fourth-order valence-electron chi connectivity index (χ4n) is 3.73. The van der Waals surface area contributed by atoms with Gasteiger partial charge < -0.3 is 10.6 Å². The van der Waals surface area contributed by atoms with Crippen molar-refractivity contribution in [2.45, 2.75) is 25.7 Å². The van der Waals surface area contributed by atoms with Crippen molar-refractivity contribution in [3.05, 3.63) is 69.8 Å². The average molecular weight is 407 g/mol. The van der Waals surface area contributed by atoms with Crippen LogP contribution in [-0.4, -0.2) is 39.8 Å². The molecule has 4 rings (SSSR count). The molecule has 0 radical (unpaired) electrons. The van der Waals surface area contributed by atoms with Crippen LogP contribution in [0.5, 0.6) is 0 Å². The number of amides is 2. The Labute approximate surface area is 173 Å². The van der Waals surface area contributed by atoms with Gasteiger partial charge >= 0.3 is 0 Å². The van der Waals surface area contributed by atoms with Gasteiger partial charge in [-0.2, -0.15) is 0 Å². The molecule has 2 aromatic heterocycles. The van der Waals surface area contributed by atoms with Crippen molar-refractivity contribution in [1.82, 2.24) is 14.9 Å². The lowest BCUT2D eigenvalue weighted by atomic mass is 9.93. The fraction of sp³-hybridized carbons (Fsp3) is 0.273. The van der Waals surface area contributed by atoms with Crippen LogP contribution in [0.3, 0.4) is 0 Å². The number of aryl methyl sites for hydroxylation is 1. The Kier molecular flexibility index (Phi) is 5.40. The van der Waals surface area contributed by atoms with E-state index in [1.165, 1.54) is 11.3 Å². The Bertz CT molecular complexity index is 1060. The molecule has 0 aliphatic carbocycles. The molecule has 1 aliphatic heterocycles. The van der Waals surface area contributed by atoms with Crippen molar-refractivity contribution in [1.29, 1.82) is 0 Å². The third kappa shape index (κ3) is 4.05. The third-order valence-electron chi connectivity index (χ3n) is 5.28. The first-order valence-electron chi connectivity index (χ1n) is 9.59. The maximum Gasteiger partial charge on any atom is 0.265 e. The van der Waals surface area contributed by atoms with Gasteiger partial charge in [-0.1, -0.05) is 18.2 Å². The van der Waals surface area contributed by atoms with Gasteiger partial charge in [0.1, 0.15) is 4.88 Å². The van der Waals surface area contributed by atoms with E-state index in [1.807, 2.05) is 42.2 Å². The molecule has 3 heterocycles. The number of pyridine rings is 1. The molecular formula is C22H22N4O2S. The van der Waals surface area contributed by atoms with Crippen LogP contribution in [0.2, 0.25) is 0 Å². The number of hydrogen-bond acceptors (Lipinski definition) is 5. The van der Waals surface area contributed by atoms with Crippen LogP contribution in [0.25, 0.3) is 11.3 Å². The van der Waals surface area contributed by atoms with Gasteiger partial charge in [-0.05, 0) is 44.0 Å². The van der Waals surface area contributed by atoms with Gasteiger partial charge in [0.05, 0.1) is 16.9 Å². The predicted octanol–water partition coefficient (Wildman–Crippen LogP) is 3.63. The Morgan fingerprint density at radius 3 is 2.79 bits per heavy atom. The Morgan fingerprint density at radius 2 is 2.03 bits per heavy atom. The Hall–Kier alpha value is -3.06. The molecule has 6 nitrogen and oxygen atoms in total. The highest BCUT2D eigenvalue weighted by Gasteiger charge is 2.28. The van der Waals surface area contributed by atoms with Crippen LogP contribution in [0, 0.1) is 6.92 Å². The lowest BCUT2D eigenvalue weighted by Crippen LogP contribution is -2.39. The molecule has 1 atom stereocenters. The summed E-state index contributed by atoms with van der Waals surface area (Å²) >= 11 is 1.40. The molecule has 7 heteroatoms. The van der Waals surface area contributed by atoms with Crippen LogP contribution < -0.4 is 5.73 Å². The van der Waals surface area contributed by atoms with E-state index in [0.29, 0.717) is 12.1 Å². The molecule has 1 aromatic carbocycles. The van der Waals surface area contributed by atoms with Crippen molar-refractivity contribution in [2.75, 3.05) is 13.1 Å². The molecule has 1 saturated heterocycles. The quantitative estimate of drug-likeness (QED) is 0.716. The summed E-state index contributed by atoms with van der Waals surface area (Å²) in [5.41, 5.74) is 11.0. The van der Waals surface area contributed by atoms with E-state index in [-0.39, 0.29) is 11.8 Å². The molecule has 0 unspecified atom stereocenters. The Morgan fingerprint density at radius 1 is 1.21 bits per heavy atom. The standard InChI is InChI=1S/C22H22N4O2S/c1-14-20(29-13-24-14)22(28)26-10-4-7-17(12-26)19-9-3-8-18(25-19)15-5-2-6-16(11-15)21(23)27/h2-3,5-6,8-9,11,13,17H,4,7,10,12H2,1H3,(H2,23,27)/t17-/m1/s1. The van der Waals surface area contributed by atoms with Gasteiger partial charge in [0.25, 0.3) is 5.91 Å². The van der Waals surface area contributed by atoms with E-state index in [2.05, 4.69) is 4.98 Å². The number of thiazole rings is 1. The largest absolute Gasteiger partial charge is 0.366 e. The number of rotatable bonds is 4. The number of aromatic nitrogens is 2. The number of nitrogens with two attached hydrogens (primary N) is 1. The number of likely N-dealkylation sites (tertiary alicyclic amines) is 1. The second-order valence-corrected chi connectivity index (χ2v) is 8.10. The molecule has 2 N–H and O–H groups in total. The number of carbonyl (C=O) groups is 2. The maximum absolute atomic E-state index is 12.9. The van der Waals surface area contributed by atoms with Crippen LogP contribution >= 0.6 is 11.3 Å². The minimum atomic E-state index is -0.456. The second kappa shape index (κ2) is 8.13. The van der Waals surface area contributed by atoms with Gasteiger partial charge in [0, 0.05) is 35.8 Å². The van der Waals surface area contributed by atoms with Crippen LogP contribution in [0.1, 0.15) is 50.2 Å². The van der Waals surface area contributed by atoms with Gasteiger partial charge in [-0.3, -0.25) is 14.6 Å². The summed E-state index contributed by atoms with van der Waals surface area (Å²) in [6, 6.07) is 13.1. The van der Waals surface area contributed by atoms with Crippen LogP contribution in [-0.2, 0) is 0 Å². The van der Waals surface area contributed by atoms with Crippen LogP contribution in [0.4, 0.5) is 0 Å². The van der Waals surface area contributed by atoms with E-state index in [9.17, 15) is 9.59 Å². The van der Waals surface area contributed by atoms with E-state index >= 15 is 0 Å². The summed E-state index contributed by atoms with van der Waals surface area (Å²) in [5.74, 6) is -0.219. The summed E-state index contributed by atoms with van der Waals surface area (Å²) in [5, 5.41) is 0. The number of carbonyl (C=O) groups excluding carboxylic acids is 2. The first-order valence-corrected chi connectivity index (χ1v) is 10.5. The number of nitrogens with zero attached hydrogens (tertiary/aromatic N) is 3. The summed E-state index contributed by atoms with van der Waals surface area (Å²) in [7, 11) is 0. The first-order chi connectivity index (χ1) is 14.0. The van der Waals surface area contributed by atoms with E-state index in [4.69, 9.17) is 10.7 Å². The normalized spacial score (nSPS) is 16.6. The van der Waals surface area contributed by atoms with Gasteiger partial charge in [0.2, 0.25) is 5.91 Å². The maximum atomic E-state index is 12.9. The monoisotopic (exact) mass is 406 g/mol. The zero-order chi connectivity index (χ0) is 20.4. The van der Waals surface area contributed by atoms with Crippen molar-refractivity contribution < 1.29 is 9.59 Å². The molecule has 2 amide bonds. The van der Waals surface area contributed by atoms with Crippen molar-refractivity contribution in [3.63, 3.8) is 0 Å². The van der Waals surface area contributed by atoms with Crippen molar-refractivity contribution >= 4 is 23.2 Å². The number of hydrogen-bond donors (Lipinski definition) is 1. The summed E-state index contributed by atoms with van der Waals surface area (Å²) in [4.78, 5) is 36.0. The molecule has 1 fully saturated rings. The van der Waals surface area contributed by atoms with Crippen molar-refractivity contribution in [2.24, 2.45) is 5.73 Å². The number of benzene rings is 1. The lowest BCUT2D eigenvalue weighted by Gasteiger charge is -2.32. The van der Waals surface area contributed by atoms with Gasteiger partial charge in [0.15, 0.2) is 0 Å². The zero-order valence-corrected chi connectivity index (χ0v) is 17.0. The first kappa shape index (κ1) is 19.3. The molecule has 3 aromatic rings. The highest BCUT2D eigenvalue weighted by atomic mass is 32.1. The van der Waals surface area contributed by atoms with Gasteiger partial charge in [-0.15, -0.1) is 11.3 Å². The molecule has 0 spiro atoms. The molecule has 0 bridgehead atoms. The summed E-state index contributed by atoms with van der Waals surface area (Å²) in [6.45, 7) is 3.28. The van der Waals surface area contributed by atoms with E-state index in [0.717, 1.165) is 46.9 Å². The molecular weight excluding hydrogens is 384 g/mol. The highest BCUT2D eigenvalue weighted by Crippen LogP contribution is 2.29. The second-order valence-electron chi connectivity index (χ2n) is 7.25. The van der Waals surface area contributed by atoms with E-state index < -0.39 is 5.91 Å². The number of piperidine rings is 1. The minimum absolute atomic E-state index is 0.0556. The van der Waals surface area contributed by atoms with Crippen LogP contribution in [0.15, 0.2) is 48.0 Å². The fourth-order valence-corrected chi connectivity index (χ4v) is 4.49. The molecule has 29 heavy (non-hydrogen) atoms. The topological polar surface area (TPSA) is 89.2 Å². The van der Waals surface area contributed by atoms with Gasteiger partial charge in [-0.25, -0.2) is 4.98 Å². The average Bonchev–Trinajstić information content (AvgIpc) is 3.19. The zero-order valence-electron chi connectivity index (χ0n) is 16.2. The number of primary amides is 1. The third-order valence-corrected chi connectivity index (χ3v) is 6.20. The molecule has 0 saturated carbocycles.